The molecule has 116 valence electrons. The van der Waals surface area contributed by atoms with Gasteiger partial charge in [-0.2, -0.15) is 0 Å². The first-order chi connectivity index (χ1) is 10.1. The summed E-state index contributed by atoms with van der Waals surface area (Å²) in [6.45, 7) is 3.67. The molecule has 0 aliphatic carbocycles. The molecule has 2 N–H and O–H groups in total. The van der Waals surface area contributed by atoms with Crippen molar-refractivity contribution in [3.05, 3.63) is 23.8 Å². The SMILES string of the molecule is CCCC1CCC(=O)N(Cc2ccc(N)cc2OC)CC1. The average molecular weight is 290 g/mol. The fraction of sp³-hybridized carbons (Fsp3) is 0.588. The molecule has 0 spiro atoms. The molecule has 1 unspecified atom stereocenters. The van der Waals surface area contributed by atoms with Crippen LogP contribution in [0.3, 0.4) is 0 Å². The lowest BCUT2D eigenvalue weighted by atomic mass is 9.96. The van der Waals surface area contributed by atoms with Crippen LogP contribution in [0.5, 0.6) is 5.75 Å². The Kier molecular flexibility index (Phi) is 5.48. The Morgan fingerprint density at radius 2 is 2.19 bits per heavy atom. The minimum absolute atomic E-state index is 0.257. The normalized spacial score (nSPS) is 19.4. The molecule has 1 saturated heterocycles. The van der Waals surface area contributed by atoms with Gasteiger partial charge in [-0.25, -0.2) is 0 Å². The van der Waals surface area contributed by atoms with Gasteiger partial charge in [-0.15, -0.1) is 0 Å². The Balaban J connectivity index is 2.06. The van der Waals surface area contributed by atoms with Gasteiger partial charge in [0.05, 0.1) is 7.11 Å². The van der Waals surface area contributed by atoms with Crippen molar-refractivity contribution in [2.45, 2.75) is 45.6 Å². The molecule has 0 radical (unpaired) electrons. The number of carbonyl (C=O) groups is 1. The van der Waals surface area contributed by atoms with Gasteiger partial charge in [0.15, 0.2) is 0 Å². The van der Waals surface area contributed by atoms with Crippen LogP contribution in [0.2, 0.25) is 0 Å². The molecule has 1 amide bonds. The fourth-order valence-corrected chi connectivity index (χ4v) is 3.05. The van der Waals surface area contributed by atoms with Gasteiger partial charge in [0.1, 0.15) is 5.75 Å². The molecular weight excluding hydrogens is 264 g/mol. The molecule has 1 aliphatic rings. The first kappa shape index (κ1) is 15.7. The van der Waals surface area contributed by atoms with Crippen molar-refractivity contribution in [3.8, 4) is 5.75 Å². The summed E-state index contributed by atoms with van der Waals surface area (Å²) in [5.41, 5.74) is 7.48. The van der Waals surface area contributed by atoms with E-state index in [2.05, 4.69) is 6.92 Å². The van der Waals surface area contributed by atoms with Crippen LogP contribution in [-0.4, -0.2) is 24.5 Å². The molecule has 0 saturated carbocycles. The van der Waals surface area contributed by atoms with Crippen LogP contribution in [0.4, 0.5) is 5.69 Å². The van der Waals surface area contributed by atoms with Crippen LogP contribution in [0, 0.1) is 5.92 Å². The van der Waals surface area contributed by atoms with E-state index in [1.165, 1.54) is 12.8 Å². The fourth-order valence-electron chi connectivity index (χ4n) is 3.05. The predicted octanol–water partition coefficient (Wildman–Crippen LogP) is 3.21. The van der Waals surface area contributed by atoms with E-state index in [-0.39, 0.29) is 5.91 Å². The summed E-state index contributed by atoms with van der Waals surface area (Å²) in [6.07, 6.45) is 5.23. The Morgan fingerprint density at radius 3 is 2.90 bits per heavy atom. The second-order valence-electron chi connectivity index (χ2n) is 5.87. The van der Waals surface area contributed by atoms with E-state index in [0.717, 1.165) is 30.7 Å². The maximum atomic E-state index is 12.3. The highest BCUT2D eigenvalue weighted by Crippen LogP contribution is 2.27. The Bertz CT molecular complexity index is 488. The third-order valence-electron chi connectivity index (χ3n) is 4.30. The van der Waals surface area contributed by atoms with E-state index in [9.17, 15) is 4.79 Å². The summed E-state index contributed by atoms with van der Waals surface area (Å²) < 4.78 is 5.38. The largest absolute Gasteiger partial charge is 0.496 e. The van der Waals surface area contributed by atoms with Crippen molar-refractivity contribution in [2.24, 2.45) is 5.92 Å². The Labute approximate surface area is 127 Å². The van der Waals surface area contributed by atoms with Crippen LogP contribution >= 0.6 is 0 Å². The zero-order valence-electron chi connectivity index (χ0n) is 13.1. The van der Waals surface area contributed by atoms with Gasteiger partial charge < -0.3 is 15.4 Å². The number of ether oxygens (including phenoxy) is 1. The summed E-state index contributed by atoms with van der Waals surface area (Å²) in [7, 11) is 1.64. The Hall–Kier alpha value is -1.71. The summed E-state index contributed by atoms with van der Waals surface area (Å²) in [5, 5.41) is 0. The molecule has 21 heavy (non-hydrogen) atoms. The number of rotatable bonds is 5. The summed E-state index contributed by atoms with van der Waals surface area (Å²) >= 11 is 0. The second kappa shape index (κ2) is 7.34. The molecule has 0 bridgehead atoms. The second-order valence-corrected chi connectivity index (χ2v) is 5.87. The van der Waals surface area contributed by atoms with Crippen LogP contribution in [0.15, 0.2) is 18.2 Å². The monoisotopic (exact) mass is 290 g/mol. The molecule has 2 rings (SSSR count). The Morgan fingerprint density at radius 1 is 1.38 bits per heavy atom. The third kappa shape index (κ3) is 4.13. The maximum Gasteiger partial charge on any atom is 0.222 e. The highest BCUT2D eigenvalue weighted by molar-refractivity contribution is 5.76. The van der Waals surface area contributed by atoms with E-state index in [1.54, 1.807) is 7.11 Å². The lowest BCUT2D eigenvalue weighted by molar-refractivity contribution is -0.131. The number of likely N-dealkylation sites (tertiary alicyclic amines) is 1. The highest BCUT2D eigenvalue weighted by Gasteiger charge is 2.22. The predicted molar refractivity (Wildman–Crippen MR) is 85.1 cm³/mol. The number of carbonyl (C=O) groups excluding carboxylic acids is 1. The first-order valence-corrected chi connectivity index (χ1v) is 7.84. The number of nitrogens with zero attached hydrogens (tertiary/aromatic N) is 1. The van der Waals surface area contributed by atoms with Gasteiger partial charge in [0, 0.05) is 36.8 Å². The highest BCUT2D eigenvalue weighted by atomic mass is 16.5. The van der Waals surface area contributed by atoms with Gasteiger partial charge in [0.2, 0.25) is 5.91 Å². The maximum absolute atomic E-state index is 12.3. The minimum atomic E-state index is 0.257. The van der Waals surface area contributed by atoms with Crippen LogP contribution in [0.1, 0.15) is 44.6 Å². The van der Waals surface area contributed by atoms with Gasteiger partial charge >= 0.3 is 0 Å². The summed E-state index contributed by atoms with van der Waals surface area (Å²) in [6, 6.07) is 5.63. The molecule has 1 fully saturated rings. The van der Waals surface area contributed by atoms with Crippen molar-refractivity contribution in [3.63, 3.8) is 0 Å². The average Bonchev–Trinajstić information content (AvgIpc) is 2.65. The van der Waals surface area contributed by atoms with E-state index >= 15 is 0 Å². The molecule has 1 aliphatic heterocycles. The minimum Gasteiger partial charge on any atom is -0.496 e. The number of methoxy groups -OCH3 is 1. The zero-order chi connectivity index (χ0) is 15.2. The zero-order valence-corrected chi connectivity index (χ0v) is 13.1. The molecule has 0 aromatic heterocycles. The van der Waals surface area contributed by atoms with Crippen molar-refractivity contribution in [1.29, 1.82) is 0 Å². The number of benzene rings is 1. The lowest BCUT2D eigenvalue weighted by Gasteiger charge is -2.22. The van der Waals surface area contributed by atoms with Crippen LogP contribution < -0.4 is 10.5 Å². The van der Waals surface area contributed by atoms with Crippen LogP contribution in [0.25, 0.3) is 0 Å². The molecule has 4 nitrogen and oxygen atoms in total. The quantitative estimate of drug-likeness (QED) is 0.847. The van der Waals surface area contributed by atoms with Gasteiger partial charge in [-0.3, -0.25) is 4.79 Å². The number of hydrogen-bond acceptors (Lipinski definition) is 3. The van der Waals surface area contributed by atoms with Gasteiger partial charge in [-0.1, -0.05) is 25.8 Å². The molecule has 1 atom stereocenters. The first-order valence-electron chi connectivity index (χ1n) is 7.84. The summed E-state index contributed by atoms with van der Waals surface area (Å²) in [4.78, 5) is 14.3. The molecular formula is C17H26N2O2. The number of anilines is 1. The number of amides is 1. The number of nitrogens with two attached hydrogens (primary N) is 1. The van der Waals surface area contributed by atoms with Crippen molar-refractivity contribution in [1.82, 2.24) is 4.90 Å². The van der Waals surface area contributed by atoms with Gasteiger partial charge in [-0.05, 0) is 24.8 Å². The molecule has 1 aromatic rings. The van der Waals surface area contributed by atoms with Crippen molar-refractivity contribution in [2.75, 3.05) is 19.4 Å². The van der Waals surface area contributed by atoms with Crippen LogP contribution in [-0.2, 0) is 11.3 Å². The van der Waals surface area contributed by atoms with E-state index in [1.807, 2.05) is 23.1 Å². The number of hydrogen-bond donors (Lipinski definition) is 1. The molecule has 1 aromatic carbocycles. The van der Waals surface area contributed by atoms with E-state index < -0.39 is 0 Å². The van der Waals surface area contributed by atoms with Crippen molar-refractivity contribution >= 4 is 11.6 Å². The molecule has 4 heteroatoms. The topological polar surface area (TPSA) is 55.6 Å². The standard InChI is InChI=1S/C17H26N2O2/c1-3-4-13-5-8-17(20)19(10-9-13)12-14-6-7-15(18)11-16(14)21-2/h6-7,11,13H,3-5,8-10,12,18H2,1-2H3. The van der Waals surface area contributed by atoms with Crippen molar-refractivity contribution < 1.29 is 9.53 Å². The third-order valence-corrected chi connectivity index (χ3v) is 4.30. The summed E-state index contributed by atoms with van der Waals surface area (Å²) in [5.74, 6) is 1.71. The van der Waals surface area contributed by atoms with Gasteiger partial charge in [0.25, 0.3) is 0 Å². The van der Waals surface area contributed by atoms with E-state index in [4.69, 9.17) is 10.5 Å². The van der Waals surface area contributed by atoms with E-state index in [0.29, 0.717) is 24.6 Å². The molecule has 1 heterocycles. The lowest BCUT2D eigenvalue weighted by Crippen LogP contribution is -2.30. The smallest absolute Gasteiger partial charge is 0.222 e. The number of nitrogen functional groups attached to an aromatic ring is 1.